The molecule has 0 bridgehead atoms. The van der Waals surface area contributed by atoms with Gasteiger partial charge in [0.15, 0.2) is 4.34 Å². The minimum absolute atomic E-state index is 0.0560. The average Bonchev–Trinajstić information content (AvgIpc) is 2.82. The first-order valence-electron chi connectivity index (χ1n) is 6.64. The summed E-state index contributed by atoms with van der Waals surface area (Å²) in [5, 5.41) is 13.2. The fourth-order valence-electron chi connectivity index (χ4n) is 1.39. The Bertz CT molecular complexity index is 463. The number of hydrogen-bond donors (Lipinski definition) is 2. The highest BCUT2D eigenvalue weighted by Gasteiger charge is 2.08. The van der Waals surface area contributed by atoms with Crippen molar-refractivity contribution in [3.63, 3.8) is 0 Å². The Hall–Kier alpha value is -1.12. The lowest BCUT2D eigenvalue weighted by atomic mass is 10.3. The number of thioether (sulfide) groups is 1. The summed E-state index contributed by atoms with van der Waals surface area (Å²) in [4.78, 5) is 26.3. The minimum Gasteiger partial charge on any atom is -0.481 e. The molecule has 0 radical (unpaired) electrons. The molecule has 1 aromatic heterocycles. The Kier molecular flexibility index (Phi) is 8.33. The van der Waals surface area contributed by atoms with Gasteiger partial charge >= 0.3 is 5.97 Å². The molecule has 2 N–H and O–H groups in total. The van der Waals surface area contributed by atoms with Crippen LogP contribution < -0.4 is 5.32 Å². The summed E-state index contributed by atoms with van der Waals surface area (Å²) in [6.45, 7) is 5.17. The zero-order chi connectivity index (χ0) is 15.7. The molecule has 0 unspecified atom stereocenters. The summed E-state index contributed by atoms with van der Waals surface area (Å²) in [5.41, 5.74) is 0.529. The minimum atomic E-state index is -0.904. The highest BCUT2D eigenvalue weighted by Crippen LogP contribution is 2.22. The van der Waals surface area contributed by atoms with Gasteiger partial charge in [-0.05, 0) is 20.3 Å². The number of nitrogens with zero attached hydrogens (tertiary/aromatic N) is 1. The van der Waals surface area contributed by atoms with E-state index in [1.807, 2.05) is 13.8 Å². The molecular formula is C13H20N2O4S2. The van der Waals surface area contributed by atoms with E-state index in [0.717, 1.165) is 6.42 Å². The van der Waals surface area contributed by atoms with Crippen LogP contribution in [-0.2, 0) is 20.7 Å². The maximum atomic E-state index is 11.6. The SMILES string of the molecule is CC(C)OCCCNC(=O)CSc1nc(CC(=O)O)cs1. The van der Waals surface area contributed by atoms with Crippen LogP contribution in [0.3, 0.4) is 0 Å². The second-order valence-electron chi connectivity index (χ2n) is 4.59. The van der Waals surface area contributed by atoms with Gasteiger partial charge in [0.05, 0.1) is 24.0 Å². The summed E-state index contributed by atoms with van der Waals surface area (Å²) in [6.07, 6.45) is 0.911. The third-order valence-electron chi connectivity index (χ3n) is 2.28. The fourth-order valence-corrected chi connectivity index (χ4v) is 3.06. The van der Waals surface area contributed by atoms with Gasteiger partial charge in [-0.15, -0.1) is 11.3 Å². The first-order valence-corrected chi connectivity index (χ1v) is 8.51. The van der Waals surface area contributed by atoms with Crippen LogP contribution in [-0.4, -0.2) is 47.0 Å². The molecule has 1 aromatic rings. The molecule has 0 saturated heterocycles. The van der Waals surface area contributed by atoms with Gasteiger partial charge in [-0.3, -0.25) is 9.59 Å². The van der Waals surface area contributed by atoms with Crippen LogP contribution in [0.1, 0.15) is 26.0 Å². The molecule has 1 heterocycles. The van der Waals surface area contributed by atoms with E-state index in [0.29, 0.717) is 23.2 Å². The number of aromatic nitrogens is 1. The lowest BCUT2D eigenvalue weighted by Gasteiger charge is -2.07. The van der Waals surface area contributed by atoms with Gasteiger partial charge in [-0.25, -0.2) is 4.98 Å². The molecule has 118 valence electrons. The molecule has 0 saturated carbocycles. The van der Waals surface area contributed by atoms with Crippen molar-refractivity contribution in [3.8, 4) is 0 Å². The number of carboxylic acid groups (broad SMARTS) is 1. The van der Waals surface area contributed by atoms with Crippen LogP contribution in [0.5, 0.6) is 0 Å². The van der Waals surface area contributed by atoms with E-state index < -0.39 is 5.97 Å². The Morgan fingerprint density at radius 3 is 2.95 bits per heavy atom. The second kappa shape index (κ2) is 9.75. The van der Waals surface area contributed by atoms with E-state index in [4.69, 9.17) is 9.84 Å². The van der Waals surface area contributed by atoms with Crippen LogP contribution in [0.25, 0.3) is 0 Å². The summed E-state index contributed by atoms with van der Waals surface area (Å²) in [6, 6.07) is 0. The van der Waals surface area contributed by atoms with Crippen LogP contribution in [0.4, 0.5) is 0 Å². The zero-order valence-electron chi connectivity index (χ0n) is 12.1. The second-order valence-corrected chi connectivity index (χ2v) is 6.67. The third-order valence-corrected chi connectivity index (χ3v) is 4.35. The highest BCUT2D eigenvalue weighted by molar-refractivity contribution is 8.01. The van der Waals surface area contributed by atoms with Crippen molar-refractivity contribution in [2.75, 3.05) is 18.9 Å². The van der Waals surface area contributed by atoms with Gasteiger partial charge < -0.3 is 15.2 Å². The number of amides is 1. The van der Waals surface area contributed by atoms with Gasteiger partial charge in [0.1, 0.15) is 0 Å². The summed E-state index contributed by atoms with van der Waals surface area (Å²) in [5.74, 6) is -0.678. The molecular weight excluding hydrogens is 312 g/mol. The normalized spacial score (nSPS) is 10.8. The Morgan fingerprint density at radius 1 is 1.52 bits per heavy atom. The van der Waals surface area contributed by atoms with Crippen molar-refractivity contribution in [1.29, 1.82) is 0 Å². The molecule has 0 fully saturated rings. The lowest BCUT2D eigenvalue weighted by Crippen LogP contribution is -2.27. The average molecular weight is 332 g/mol. The van der Waals surface area contributed by atoms with Gasteiger partial charge in [0.2, 0.25) is 5.91 Å². The standard InChI is InChI=1S/C13H20N2O4S2/c1-9(2)19-5-3-4-14-11(16)8-21-13-15-10(7-20-13)6-12(17)18/h7,9H,3-6,8H2,1-2H3,(H,14,16)(H,17,18). The van der Waals surface area contributed by atoms with Crippen LogP contribution in [0.15, 0.2) is 9.72 Å². The first-order chi connectivity index (χ1) is 9.97. The van der Waals surface area contributed by atoms with Gasteiger partial charge in [-0.1, -0.05) is 11.8 Å². The van der Waals surface area contributed by atoms with Crippen LogP contribution >= 0.6 is 23.1 Å². The summed E-state index contributed by atoms with van der Waals surface area (Å²) >= 11 is 2.67. The third kappa shape index (κ3) is 8.69. The summed E-state index contributed by atoms with van der Waals surface area (Å²) < 4.78 is 6.09. The molecule has 0 aliphatic rings. The predicted molar refractivity (Wildman–Crippen MR) is 82.9 cm³/mol. The van der Waals surface area contributed by atoms with Crippen LogP contribution in [0.2, 0.25) is 0 Å². The van der Waals surface area contributed by atoms with Gasteiger partial charge in [0.25, 0.3) is 0 Å². The van der Waals surface area contributed by atoms with E-state index in [9.17, 15) is 9.59 Å². The van der Waals surface area contributed by atoms with Crippen molar-refractivity contribution in [3.05, 3.63) is 11.1 Å². The van der Waals surface area contributed by atoms with E-state index in [1.54, 1.807) is 5.38 Å². The number of hydrogen-bond acceptors (Lipinski definition) is 6. The fraction of sp³-hybridized carbons (Fsp3) is 0.615. The molecule has 0 spiro atoms. The van der Waals surface area contributed by atoms with Crippen LogP contribution in [0, 0.1) is 0 Å². The topological polar surface area (TPSA) is 88.5 Å². The monoisotopic (exact) mass is 332 g/mol. The number of ether oxygens (including phenoxy) is 1. The van der Waals surface area contributed by atoms with Crippen molar-refractivity contribution in [2.24, 2.45) is 0 Å². The van der Waals surface area contributed by atoms with Crippen molar-refractivity contribution >= 4 is 35.0 Å². The molecule has 1 amide bonds. The number of aliphatic carboxylic acids is 1. The molecule has 0 aliphatic carbocycles. The Balaban J connectivity index is 2.15. The molecule has 21 heavy (non-hydrogen) atoms. The molecule has 8 heteroatoms. The summed E-state index contributed by atoms with van der Waals surface area (Å²) in [7, 11) is 0. The zero-order valence-corrected chi connectivity index (χ0v) is 13.8. The number of carboxylic acids is 1. The molecule has 0 aromatic carbocycles. The first kappa shape index (κ1) is 17.9. The number of carbonyl (C=O) groups is 2. The van der Waals surface area contributed by atoms with E-state index in [-0.39, 0.29) is 24.2 Å². The number of thiazole rings is 1. The maximum absolute atomic E-state index is 11.6. The van der Waals surface area contributed by atoms with E-state index in [1.165, 1.54) is 23.1 Å². The number of rotatable bonds is 10. The smallest absolute Gasteiger partial charge is 0.309 e. The Labute approximate surface area is 132 Å². The van der Waals surface area contributed by atoms with Gasteiger partial charge in [0, 0.05) is 18.5 Å². The number of carbonyl (C=O) groups excluding carboxylic acids is 1. The quantitative estimate of drug-likeness (QED) is 0.502. The molecule has 1 rings (SSSR count). The van der Waals surface area contributed by atoms with E-state index >= 15 is 0 Å². The van der Waals surface area contributed by atoms with Crippen molar-refractivity contribution in [1.82, 2.24) is 10.3 Å². The van der Waals surface area contributed by atoms with Gasteiger partial charge in [-0.2, -0.15) is 0 Å². The molecule has 0 aliphatic heterocycles. The largest absolute Gasteiger partial charge is 0.481 e. The van der Waals surface area contributed by atoms with Crippen molar-refractivity contribution < 1.29 is 19.4 Å². The Morgan fingerprint density at radius 2 is 2.29 bits per heavy atom. The molecule has 6 nitrogen and oxygen atoms in total. The van der Waals surface area contributed by atoms with E-state index in [2.05, 4.69) is 10.3 Å². The number of nitrogens with one attached hydrogen (secondary N) is 1. The van der Waals surface area contributed by atoms with Crippen molar-refractivity contribution in [2.45, 2.75) is 37.1 Å². The highest BCUT2D eigenvalue weighted by atomic mass is 32.2. The molecule has 0 atom stereocenters. The lowest BCUT2D eigenvalue weighted by molar-refractivity contribution is -0.136. The maximum Gasteiger partial charge on any atom is 0.309 e. The predicted octanol–water partition coefficient (Wildman–Crippen LogP) is 1.79.